The van der Waals surface area contributed by atoms with E-state index in [-0.39, 0.29) is 0 Å². The molecule has 0 aliphatic carbocycles. The van der Waals surface area contributed by atoms with Crippen LogP contribution < -0.4 is 4.74 Å². The van der Waals surface area contributed by atoms with Gasteiger partial charge in [0.1, 0.15) is 5.75 Å². The van der Waals surface area contributed by atoms with E-state index < -0.39 is 0 Å². The molecule has 7 heteroatoms. The zero-order valence-corrected chi connectivity index (χ0v) is 16.0. The number of imidazole rings is 1. The summed E-state index contributed by atoms with van der Waals surface area (Å²) in [6.07, 6.45) is 3.72. The lowest BCUT2D eigenvalue weighted by atomic mass is 10.1. The maximum Gasteiger partial charge on any atom is 0.181 e. The fourth-order valence-corrected chi connectivity index (χ4v) is 3.19. The van der Waals surface area contributed by atoms with Crippen molar-refractivity contribution < 1.29 is 4.74 Å². The SMILES string of the molecule is COc1cc(-c2nc(-c3ccccc3Cl)n(C)n2)ccc1-n1cnc(C)c1. The molecule has 4 rings (SSSR count). The highest BCUT2D eigenvalue weighted by Crippen LogP contribution is 2.31. The van der Waals surface area contributed by atoms with Crippen molar-refractivity contribution >= 4 is 11.6 Å². The maximum absolute atomic E-state index is 6.31. The monoisotopic (exact) mass is 379 g/mol. The fourth-order valence-electron chi connectivity index (χ4n) is 2.97. The zero-order chi connectivity index (χ0) is 19.0. The second-order valence-corrected chi connectivity index (χ2v) is 6.58. The Bertz CT molecular complexity index is 1120. The van der Waals surface area contributed by atoms with Gasteiger partial charge in [-0.05, 0) is 37.3 Å². The molecular weight excluding hydrogens is 362 g/mol. The normalized spacial score (nSPS) is 11.0. The van der Waals surface area contributed by atoms with E-state index in [1.54, 1.807) is 18.1 Å². The molecule has 0 aliphatic rings. The van der Waals surface area contributed by atoms with Crippen LogP contribution in [0, 0.1) is 6.92 Å². The highest BCUT2D eigenvalue weighted by molar-refractivity contribution is 6.33. The summed E-state index contributed by atoms with van der Waals surface area (Å²) in [5, 5.41) is 5.19. The molecule has 0 saturated heterocycles. The van der Waals surface area contributed by atoms with Gasteiger partial charge < -0.3 is 9.30 Å². The standard InChI is InChI=1S/C20H18ClN5O/c1-13-11-26(12-22-13)17-9-8-14(10-18(17)27-3)19-23-20(25(2)24-19)15-6-4-5-7-16(15)21/h4-12H,1-3H3. The summed E-state index contributed by atoms with van der Waals surface area (Å²) in [6.45, 7) is 1.95. The molecule has 2 aromatic carbocycles. The molecule has 0 fully saturated rings. The molecule has 0 aliphatic heterocycles. The van der Waals surface area contributed by atoms with Crippen LogP contribution in [-0.4, -0.2) is 31.4 Å². The maximum atomic E-state index is 6.31. The minimum atomic E-state index is 0.610. The van der Waals surface area contributed by atoms with Crippen LogP contribution in [-0.2, 0) is 7.05 Å². The quantitative estimate of drug-likeness (QED) is 0.530. The zero-order valence-electron chi connectivity index (χ0n) is 15.2. The summed E-state index contributed by atoms with van der Waals surface area (Å²) in [5.74, 6) is 2.04. The number of methoxy groups -OCH3 is 1. The number of hydrogen-bond donors (Lipinski definition) is 0. The van der Waals surface area contributed by atoms with E-state index >= 15 is 0 Å². The van der Waals surface area contributed by atoms with Gasteiger partial charge in [0, 0.05) is 24.4 Å². The first-order chi connectivity index (χ1) is 13.1. The van der Waals surface area contributed by atoms with E-state index in [2.05, 4.69) is 15.1 Å². The summed E-state index contributed by atoms with van der Waals surface area (Å²) in [6, 6.07) is 13.5. The summed E-state index contributed by atoms with van der Waals surface area (Å²) in [5.41, 5.74) is 3.56. The van der Waals surface area contributed by atoms with Gasteiger partial charge in [-0.1, -0.05) is 23.7 Å². The van der Waals surface area contributed by atoms with Crippen molar-refractivity contribution in [2.24, 2.45) is 7.05 Å². The van der Waals surface area contributed by atoms with Crippen LogP contribution >= 0.6 is 11.6 Å². The number of rotatable bonds is 4. The lowest BCUT2D eigenvalue weighted by molar-refractivity contribution is 0.413. The van der Waals surface area contributed by atoms with Crippen LogP contribution in [0.15, 0.2) is 55.0 Å². The van der Waals surface area contributed by atoms with Crippen molar-refractivity contribution in [3.8, 4) is 34.2 Å². The summed E-state index contributed by atoms with van der Waals surface area (Å²) < 4.78 is 9.24. The van der Waals surface area contributed by atoms with Gasteiger partial charge in [-0.25, -0.2) is 14.6 Å². The van der Waals surface area contributed by atoms with Crippen molar-refractivity contribution in [2.75, 3.05) is 7.11 Å². The summed E-state index contributed by atoms with van der Waals surface area (Å²) >= 11 is 6.31. The molecule has 0 spiro atoms. The van der Waals surface area contributed by atoms with Crippen molar-refractivity contribution in [3.63, 3.8) is 0 Å². The molecule has 27 heavy (non-hydrogen) atoms. The third-order valence-electron chi connectivity index (χ3n) is 4.31. The number of benzene rings is 2. The van der Waals surface area contributed by atoms with E-state index in [0.29, 0.717) is 16.7 Å². The Kier molecular flexibility index (Phi) is 4.41. The van der Waals surface area contributed by atoms with Crippen LogP contribution in [0.5, 0.6) is 5.75 Å². The molecule has 6 nitrogen and oxygen atoms in total. The lowest BCUT2D eigenvalue weighted by Gasteiger charge is -2.10. The number of hydrogen-bond acceptors (Lipinski definition) is 4. The predicted octanol–water partition coefficient (Wildman–Crippen LogP) is 4.31. The molecule has 2 heterocycles. The number of aromatic nitrogens is 5. The van der Waals surface area contributed by atoms with E-state index in [1.807, 2.05) is 67.2 Å². The Labute approximate surface area is 162 Å². The second-order valence-electron chi connectivity index (χ2n) is 6.17. The topological polar surface area (TPSA) is 57.8 Å². The highest BCUT2D eigenvalue weighted by atomic mass is 35.5. The molecule has 0 radical (unpaired) electrons. The Morgan fingerprint density at radius 2 is 1.93 bits per heavy atom. The molecule has 0 amide bonds. The molecule has 0 unspecified atom stereocenters. The molecule has 0 atom stereocenters. The van der Waals surface area contributed by atoms with Gasteiger partial charge in [0.2, 0.25) is 0 Å². The summed E-state index contributed by atoms with van der Waals surface area (Å²) in [7, 11) is 3.50. The Morgan fingerprint density at radius 1 is 1.11 bits per heavy atom. The second kappa shape index (κ2) is 6.89. The minimum absolute atomic E-state index is 0.610. The van der Waals surface area contributed by atoms with Gasteiger partial charge in [-0.3, -0.25) is 0 Å². The van der Waals surface area contributed by atoms with Crippen LogP contribution in [0.25, 0.3) is 28.5 Å². The number of ether oxygens (including phenoxy) is 1. The Morgan fingerprint density at radius 3 is 2.63 bits per heavy atom. The van der Waals surface area contributed by atoms with Crippen LogP contribution in [0.3, 0.4) is 0 Å². The van der Waals surface area contributed by atoms with Crippen molar-refractivity contribution in [3.05, 3.63) is 65.7 Å². The largest absolute Gasteiger partial charge is 0.495 e. The van der Waals surface area contributed by atoms with Gasteiger partial charge in [0.05, 0.1) is 29.8 Å². The molecule has 136 valence electrons. The van der Waals surface area contributed by atoms with E-state index in [1.165, 1.54) is 0 Å². The van der Waals surface area contributed by atoms with Gasteiger partial charge >= 0.3 is 0 Å². The third kappa shape index (κ3) is 3.19. The van der Waals surface area contributed by atoms with Gasteiger partial charge in [-0.15, -0.1) is 0 Å². The number of aryl methyl sites for hydroxylation is 2. The predicted molar refractivity (Wildman–Crippen MR) is 105 cm³/mol. The van der Waals surface area contributed by atoms with E-state index in [9.17, 15) is 0 Å². The lowest BCUT2D eigenvalue weighted by Crippen LogP contribution is -1.96. The molecule has 0 saturated carbocycles. The highest BCUT2D eigenvalue weighted by Gasteiger charge is 2.15. The van der Waals surface area contributed by atoms with Crippen LogP contribution in [0.4, 0.5) is 0 Å². The van der Waals surface area contributed by atoms with Crippen molar-refractivity contribution in [1.29, 1.82) is 0 Å². The van der Waals surface area contributed by atoms with E-state index in [4.69, 9.17) is 16.3 Å². The molecule has 0 N–H and O–H groups in total. The minimum Gasteiger partial charge on any atom is -0.495 e. The van der Waals surface area contributed by atoms with Crippen LogP contribution in [0.2, 0.25) is 5.02 Å². The van der Waals surface area contributed by atoms with Crippen molar-refractivity contribution in [2.45, 2.75) is 6.92 Å². The molecule has 0 bridgehead atoms. The Hall–Kier alpha value is -3.12. The number of nitrogens with zero attached hydrogens (tertiary/aromatic N) is 5. The Balaban J connectivity index is 1.76. The smallest absolute Gasteiger partial charge is 0.181 e. The van der Waals surface area contributed by atoms with Gasteiger partial charge in [0.15, 0.2) is 11.6 Å². The average Bonchev–Trinajstić information content (AvgIpc) is 3.27. The fraction of sp³-hybridized carbons (Fsp3) is 0.150. The summed E-state index contributed by atoms with van der Waals surface area (Å²) in [4.78, 5) is 8.96. The van der Waals surface area contributed by atoms with Gasteiger partial charge in [0.25, 0.3) is 0 Å². The first kappa shape index (κ1) is 17.3. The van der Waals surface area contributed by atoms with Crippen molar-refractivity contribution in [1.82, 2.24) is 24.3 Å². The third-order valence-corrected chi connectivity index (χ3v) is 4.64. The molecular formula is C20H18ClN5O. The average molecular weight is 380 g/mol. The van der Waals surface area contributed by atoms with E-state index in [0.717, 1.165) is 28.3 Å². The van der Waals surface area contributed by atoms with Gasteiger partial charge in [-0.2, -0.15) is 5.10 Å². The van der Waals surface area contributed by atoms with Crippen LogP contribution in [0.1, 0.15) is 5.69 Å². The molecule has 4 aromatic rings. The molecule has 2 aromatic heterocycles. The number of halogens is 1. The first-order valence-electron chi connectivity index (χ1n) is 8.42. The first-order valence-corrected chi connectivity index (χ1v) is 8.80.